The maximum absolute atomic E-state index is 11.2. The summed E-state index contributed by atoms with van der Waals surface area (Å²) in [4.78, 5) is 11.2. The van der Waals surface area contributed by atoms with Gasteiger partial charge in [0.15, 0.2) is 5.78 Å². The normalized spacial score (nSPS) is 12.9. The van der Waals surface area contributed by atoms with Crippen molar-refractivity contribution in [1.29, 1.82) is 5.26 Å². The van der Waals surface area contributed by atoms with Crippen LogP contribution >= 0.6 is 0 Å². The predicted octanol–water partition coefficient (Wildman–Crippen LogP) is 2.63. The molecule has 0 aliphatic rings. The van der Waals surface area contributed by atoms with E-state index in [9.17, 15) is 4.79 Å². The van der Waals surface area contributed by atoms with Crippen molar-refractivity contribution in [2.24, 2.45) is 5.92 Å². The van der Waals surface area contributed by atoms with Crippen molar-refractivity contribution in [3.63, 3.8) is 0 Å². The van der Waals surface area contributed by atoms with Crippen molar-refractivity contribution in [2.75, 3.05) is 0 Å². The molecule has 2 heteroatoms. The van der Waals surface area contributed by atoms with Gasteiger partial charge in [-0.15, -0.1) is 0 Å². The van der Waals surface area contributed by atoms with E-state index in [1.807, 2.05) is 26.8 Å². The number of nitriles is 1. The second kappa shape index (κ2) is 5.31. The minimum atomic E-state index is 0.0192. The largest absolute Gasteiger partial charge is 0.295 e. The number of carbonyl (C=O) groups excluding carboxylic acids is 1. The summed E-state index contributed by atoms with van der Waals surface area (Å²) in [6.45, 7) is 7.25. The van der Waals surface area contributed by atoms with Gasteiger partial charge >= 0.3 is 0 Å². The number of ketones is 1. The Bertz CT molecular complexity index is 290. The van der Waals surface area contributed by atoms with E-state index >= 15 is 0 Å². The lowest BCUT2D eigenvalue weighted by molar-refractivity contribution is -0.117. The van der Waals surface area contributed by atoms with Crippen LogP contribution in [0.25, 0.3) is 0 Å². The van der Waals surface area contributed by atoms with Gasteiger partial charge in [-0.3, -0.25) is 4.79 Å². The zero-order valence-corrected chi connectivity index (χ0v) is 8.59. The minimum Gasteiger partial charge on any atom is -0.295 e. The molecule has 0 rings (SSSR count). The van der Waals surface area contributed by atoms with Gasteiger partial charge in [-0.2, -0.15) is 5.26 Å². The first-order valence-corrected chi connectivity index (χ1v) is 4.28. The zero-order valence-electron chi connectivity index (χ0n) is 8.59. The van der Waals surface area contributed by atoms with Gasteiger partial charge in [0, 0.05) is 11.5 Å². The van der Waals surface area contributed by atoms with Crippen molar-refractivity contribution in [1.82, 2.24) is 0 Å². The van der Waals surface area contributed by atoms with Gasteiger partial charge in [-0.1, -0.05) is 13.8 Å². The van der Waals surface area contributed by atoms with Crippen LogP contribution in [-0.2, 0) is 4.79 Å². The van der Waals surface area contributed by atoms with E-state index in [2.05, 4.69) is 0 Å². The molecule has 0 aromatic carbocycles. The number of allylic oxidation sites excluding steroid dienone is 4. The molecule has 0 bridgehead atoms. The van der Waals surface area contributed by atoms with Crippen molar-refractivity contribution >= 4 is 5.78 Å². The molecule has 0 N–H and O–H groups in total. The quantitative estimate of drug-likeness (QED) is 0.377. The molecular formula is C11H15NO. The Balaban J connectivity index is 4.54. The molecule has 0 radical (unpaired) electrons. The van der Waals surface area contributed by atoms with Crippen molar-refractivity contribution < 1.29 is 4.79 Å². The van der Waals surface area contributed by atoms with Crippen LogP contribution in [0.3, 0.4) is 0 Å². The standard InChI is InChI=1S/C11H15NO/c1-8(2)11(13)6-9(3)5-10(4)7-12/h5-6,8H,1-4H3/b9-6-,10-5-. The highest BCUT2D eigenvalue weighted by molar-refractivity contribution is 5.92. The molecule has 2 nitrogen and oxygen atoms in total. The van der Waals surface area contributed by atoms with E-state index in [1.54, 1.807) is 19.1 Å². The molecular weight excluding hydrogens is 162 g/mol. The molecule has 0 amide bonds. The molecule has 0 aromatic rings. The Morgan fingerprint density at radius 2 is 1.85 bits per heavy atom. The number of nitrogens with zero attached hydrogens (tertiary/aromatic N) is 1. The summed E-state index contributed by atoms with van der Waals surface area (Å²) >= 11 is 0. The summed E-state index contributed by atoms with van der Waals surface area (Å²) in [5.41, 5.74) is 1.45. The Kier molecular flexibility index (Phi) is 4.76. The third-order valence-electron chi connectivity index (χ3n) is 1.56. The van der Waals surface area contributed by atoms with Crippen LogP contribution in [0.15, 0.2) is 23.3 Å². The fourth-order valence-electron chi connectivity index (χ4n) is 0.807. The third kappa shape index (κ3) is 4.97. The average molecular weight is 177 g/mol. The van der Waals surface area contributed by atoms with Gasteiger partial charge in [0.1, 0.15) is 0 Å². The highest BCUT2D eigenvalue weighted by Gasteiger charge is 2.02. The van der Waals surface area contributed by atoms with Crippen LogP contribution in [0.1, 0.15) is 27.7 Å². The predicted molar refractivity (Wildman–Crippen MR) is 53.0 cm³/mol. The fraction of sp³-hybridized carbons (Fsp3) is 0.455. The Labute approximate surface area is 79.6 Å². The number of hydrogen-bond donors (Lipinski definition) is 0. The topological polar surface area (TPSA) is 40.9 Å². The molecule has 13 heavy (non-hydrogen) atoms. The van der Waals surface area contributed by atoms with E-state index in [4.69, 9.17) is 5.26 Å². The SMILES string of the molecule is C/C(C#N)=C/C(C)=C\C(=O)C(C)C. The molecule has 0 saturated carbocycles. The Hall–Kier alpha value is -1.36. The molecule has 0 spiro atoms. The first-order chi connectivity index (χ1) is 5.97. The minimum absolute atomic E-state index is 0.0192. The lowest BCUT2D eigenvalue weighted by Gasteiger charge is -1.98. The molecule has 0 heterocycles. The van der Waals surface area contributed by atoms with Crippen molar-refractivity contribution in [3.05, 3.63) is 23.3 Å². The van der Waals surface area contributed by atoms with Gasteiger partial charge in [0.25, 0.3) is 0 Å². The van der Waals surface area contributed by atoms with Crippen molar-refractivity contribution in [2.45, 2.75) is 27.7 Å². The van der Waals surface area contributed by atoms with Crippen molar-refractivity contribution in [3.8, 4) is 6.07 Å². The van der Waals surface area contributed by atoms with Crippen LogP contribution < -0.4 is 0 Å². The molecule has 0 aliphatic carbocycles. The van der Waals surface area contributed by atoms with Gasteiger partial charge in [-0.25, -0.2) is 0 Å². The summed E-state index contributed by atoms with van der Waals surface area (Å²) in [5.74, 6) is 0.116. The van der Waals surface area contributed by atoms with E-state index in [1.165, 1.54) is 0 Å². The summed E-state index contributed by atoms with van der Waals surface area (Å²) < 4.78 is 0. The summed E-state index contributed by atoms with van der Waals surface area (Å²) in [6, 6.07) is 2.01. The maximum atomic E-state index is 11.2. The zero-order chi connectivity index (χ0) is 10.4. The Morgan fingerprint density at radius 3 is 2.23 bits per heavy atom. The lowest BCUT2D eigenvalue weighted by atomic mass is 10.1. The van der Waals surface area contributed by atoms with Gasteiger partial charge < -0.3 is 0 Å². The number of carbonyl (C=O) groups is 1. The van der Waals surface area contributed by atoms with E-state index in [0.717, 1.165) is 5.57 Å². The van der Waals surface area contributed by atoms with E-state index < -0.39 is 0 Å². The molecule has 0 fully saturated rings. The highest BCUT2D eigenvalue weighted by atomic mass is 16.1. The summed E-state index contributed by atoms with van der Waals surface area (Å²) in [5, 5.41) is 8.50. The number of rotatable bonds is 3. The van der Waals surface area contributed by atoms with Crippen LogP contribution in [-0.4, -0.2) is 5.78 Å². The second-order valence-electron chi connectivity index (χ2n) is 3.38. The van der Waals surface area contributed by atoms with Gasteiger partial charge in [0.05, 0.1) is 6.07 Å². The maximum Gasteiger partial charge on any atom is 0.158 e. The fourth-order valence-corrected chi connectivity index (χ4v) is 0.807. The first-order valence-electron chi connectivity index (χ1n) is 4.28. The average Bonchev–Trinajstić information content (AvgIpc) is 2.03. The lowest BCUT2D eigenvalue weighted by Crippen LogP contribution is -2.02. The number of hydrogen-bond acceptors (Lipinski definition) is 2. The van der Waals surface area contributed by atoms with Crippen LogP contribution in [0.4, 0.5) is 0 Å². The summed E-state index contributed by atoms with van der Waals surface area (Å²) in [6.07, 6.45) is 3.28. The molecule has 0 saturated heterocycles. The highest BCUT2D eigenvalue weighted by Crippen LogP contribution is 2.04. The van der Waals surface area contributed by atoms with Gasteiger partial charge in [0.2, 0.25) is 0 Å². The molecule has 0 unspecified atom stereocenters. The molecule has 0 aliphatic heterocycles. The van der Waals surface area contributed by atoms with Crippen LogP contribution in [0.5, 0.6) is 0 Å². The summed E-state index contributed by atoms with van der Waals surface area (Å²) in [7, 11) is 0. The Morgan fingerprint density at radius 1 is 1.31 bits per heavy atom. The molecule has 70 valence electrons. The van der Waals surface area contributed by atoms with E-state index in [-0.39, 0.29) is 11.7 Å². The second-order valence-corrected chi connectivity index (χ2v) is 3.38. The van der Waals surface area contributed by atoms with Gasteiger partial charge in [-0.05, 0) is 31.6 Å². The monoisotopic (exact) mass is 177 g/mol. The van der Waals surface area contributed by atoms with E-state index in [0.29, 0.717) is 5.57 Å². The first kappa shape index (κ1) is 11.6. The molecule has 0 atom stereocenters. The van der Waals surface area contributed by atoms with Crippen LogP contribution in [0.2, 0.25) is 0 Å². The van der Waals surface area contributed by atoms with Crippen LogP contribution in [0, 0.1) is 17.2 Å². The third-order valence-corrected chi connectivity index (χ3v) is 1.56. The smallest absolute Gasteiger partial charge is 0.158 e. The molecule has 0 aromatic heterocycles.